The lowest BCUT2D eigenvalue weighted by molar-refractivity contribution is -0.142. The fraction of sp³-hybridized carbons (Fsp3) is 0.882. The Hall–Kier alpha value is -1.06. The molecule has 21 heavy (non-hydrogen) atoms. The van der Waals surface area contributed by atoms with Crippen molar-refractivity contribution in [2.75, 3.05) is 0 Å². The summed E-state index contributed by atoms with van der Waals surface area (Å²) in [5.74, 6) is -1.38. The molecule has 124 valence electrons. The SMILES string of the molecule is CCCCC(CCCCC(CCCC)C(=O)O)CC(=O)O. The zero-order valence-corrected chi connectivity index (χ0v) is 13.6. The maximum atomic E-state index is 11.1. The van der Waals surface area contributed by atoms with Crippen LogP contribution in [0.25, 0.3) is 0 Å². The summed E-state index contributed by atoms with van der Waals surface area (Å²) in [6.07, 6.45) is 9.62. The molecule has 0 aliphatic carbocycles. The zero-order valence-electron chi connectivity index (χ0n) is 13.6. The first-order valence-corrected chi connectivity index (χ1v) is 8.45. The van der Waals surface area contributed by atoms with E-state index in [0.29, 0.717) is 0 Å². The zero-order chi connectivity index (χ0) is 16.1. The maximum Gasteiger partial charge on any atom is 0.306 e. The molecule has 2 atom stereocenters. The van der Waals surface area contributed by atoms with Crippen LogP contribution in [-0.4, -0.2) is 22.2 Å². The molecule has 0 fully saturated rings. The summed E-state index contributed by atoms with van der Waals surface area (Å²) in [5.41, 5.74) is 0. The first-order valence-electron chi connectivity index (χ1n) is 8.45. The van der Waals surface area contributed by atoms with Gasteiger partial charge in [0.05, 0.1) is 5.92 Å². The minimum atomic E-state index is -0.720. The molecule has 0 spiro atoms. The monoisotopic (exact) mass is 300 g/mol. The van der Waals surface area contributed by atoms with Crippen molar-refractivity contribution in [2.45, 2.75) is 84.5 Å². The van der Waals surface area contributed by atoms with E-state index in [1.54, 1.807) is 0 Å². The third kappa shape index (κ3) is 11.3. The van der Waals surface area contributed by atoms with Gasteiger partial charge in [-0.05, 0) is 31.6 Å². The van der Waals surface area contributed by atoms with Crippen molar-refractivity contribution in [3.05, 3.63) is 0 Å². The fourth-order valence-electron chi connectivity index (χ4n) is 2.75. The van der Waals surface area contributed by atoms with Gasteiger partial charge in [-0.25, -0.2) is 0 Å². The van der Waals surface area contributed by atoms with Crippen molar-refractivity contribution in [3.8, 4) is 0 Å². The number of hydrogen-bond donors (Lipinski definition) is 2. The van der Waals surface area contributed by atoms with Gasteiger partial charge < -0.3 is 10.2 Å². The number of rotatable bonds is 14. The molecule has 0 rings (SSSR count). The minimum absolute atomic E-state index is 0.224. The summed E-state index contributed by atoms with van der Waals surface area (Å²) < 4.78 is 0. The molecule has 0 aromatic heterocycles. The van der Waals surface area contributed by atoms with Gasteiger partial charge >= 0.3 is 11.9 Å². The Morgan fingerprint density at radius 3 is 1.81 bits per heavy atom. The Balaban J connectivity index is 3.99. The number of unbranched alkanes of at least 4 members (excludes halogenated alkanes) is 3. The summed E-state index contributed by atoms with van der Waals surface area (Å²) in [6, 6.07) is 0. The topological polar surface area (TPSA) is 74.6 Å². The van der Waals surface area contributed by atoms with Crippen LogP contribution in [0, 0.1) is 11.8 Å². The molecule has 2 unspecified atom stereocenters. The predicted octanol–water partition coefficient (Wildman–Crippen LogP) is 4.72. The van der Waals surface area contributed by atoms with E-state index in [4.69, 9.17) is 10.2 Å². The van der Waals surface area contributed by atoms with Crippen molar-refractivity contribution in [1.82, 2.24) is 0 Å². The summed E-state index contributed by atoms with van der Waals surface area (Å²) in [6.45, 7) is 4.19. The molecule has 0 aliphatic heterocycles. The van der Waals surface area contributed by atoms with Crippen molar-refractivity contribution in [1.29, 1.82) is 0 Å². The molecular weight excluding hydrogens is 268 g/mol. The van der Waals surface area contributed by atoms with Crippen LogP contribution >= 0.6 is 0 Å². The van der Waals surface area contributed by atoms with Gasteiger partial charge in [-0.1, -0.05) is 52.4 Å². The molecule has 0 saturated heterocycles. The van der Waals surface area contributed by atoms with Crippen LogP contribution in [0.5, 0.6) is 0 Å². The molecule has 0 aromatic carbocycles. The smallest absolute Gasteiger partial charge is 0.306 e. The van der Waals surface area contributed by atoms with E-state index in [-0.39, 0.29) is 18.3 Å². The molecule has 0 aliphatic rings. The molecule has 0 amide bonds. The quantitative estimate of drug-likeness (QED) is 0.455. The minimum Gasteiger partial charge on any atom is -0.481 e. The van der Waals surface area contributed by atoms with Crippen LogP contribution in [0.1, 0.15) is 84.5 Å². The lowest BCUT2D eigenvalue weighted by Gasteiger charge is -2.15. The fourth-order valence-corrected chi connectivity index (χ4v) is 2.75. The van der Waals surface area contributed by atoms with Crippen molar-refractivity contribution < 1.29 is 19.8 Å². The van der Waals surface area contributed by atoms with Gasteiger partial charge in [0, 0.05) is 6.42 Å². The average Bonchev–Trinajstić information content (AvgIpc) is 2.42. The predicted molar refractivity (Wildman–Crippen MR) is 84.4 cm³/mol. The average molecular weight is 300 g/mol. The second kappa shape index (κ2) is 12.7. The Morgan fingerprint density at radius 2 is 1.29 bits per heavy atom. The molecule has 4 nitrogen and oxygen atoms in total. The first-order chi connectivity index (χ1) is 10.0. The second-order valence-corrected chi connectivity index (χ2v) is 6.07. The highest BCUT2D eigenvalue weighted by atomic mass is 16.4. The van der Waals surface area contributed by atoms with Gasteiger partial charge in [-0.2, -0.15) is 0 Å². The lowest BCUT2D eigenvalue weighted by Crippen LogP contribution is -2.14. The normalized spacial score (nSPS) is 13.8. The van der Waals surface area contributed by atoms with Gasteiger partial charge in [-0.15, -0.1) is 0 Å². The van der Waals surface area contributed by atoms with Crippen LogP contribution in [0.15, 0.2) is 0 Å². The van der Waals surface area contributed by atoms with Crippen molar-refractivity contribution >= 4 is 11.9 Å². The van der Waals surface area contributed by atoms with E-state index in [1.165, 1.54) is 0 Å². The summed E-state index contributed by atoms with van der Waals surface area (Å²) in [4.78, 5) is 22.0. The van der Waals surface area contributed by atoms with E-state index in [0.717, 1.165) is 64.2 Å². The van der Waals surface area contributed by atoms with Crippen LogP contribution in [0.2, 0.25) is 0 Å². The number of hydrogen-bond acceptors (Lipinski definition) is 2. The van der Waals surface area contributed by atoms with Crippen molar-refractivity contribution in [3.63, 3.8) is 0 Å². The Labute approximate surface area is 128 Å². The van der Waals surface area contributed by atoms with Crippen molar-refractivity contribution in [2.24, 2.45) is 11.8 Å². The van der Waals surface area contributed by atoms with E-state index in [9.17, 15) is 9.59 Å². The van der Waals surface area contributed by atoms with Gasteiger partial charge in [0.1, 0.15) is 0 Å². The van der Waals surface area contributed by atoms with Gasteiger partial charge in [0.2, 0.25) is 0 Å². The molecule has 0 saturated carbocycles. The molecule has 0 radical (unpaired) electrons. The summed E-state index contributed by atoms with van der Waals surface area (Å²) in [5, 5.41) is 18.1. The van der Waals surface area contributed by atoms with E-state index in [2.05, 4.69) is 13.8 Å². The molecular formula is C17H32O4. The van der Waals surface area contributed by atoms with E-state index < -0.39 is 11.9 Å². The Morgan fingerprint density at radius 1 is 0.810 bits per heavy atom. The van der Waals surface area contributed by atoms with Gasteiger partial charge in [0.25, 0.3) is 0 Å². The van der Waals surface area contributed by atoms with Gasteiger partial charge in [-0.3, -0.25) is 9.59 Å². The Kier molecular flexibility index (Phi) is 12.0. The molecule has 0 bridgehead atoms. The van der Waals surface area contributed by atoms with Gasteiger partial charge in [0.15, 0.2) is 0 Å². The standard InChI is InChI=1S/C17H32O4/c1-3-5-9-14(13-16(18)19)10-7-8-12-15(17(20)21)11-6-4-2/h14-15H,3-13H2,1-2H3,(H,18,19)(H,20,21). The Bertz CT molecular complexity index is 289. The third-order valence-corrected chi connectivity index (χ3v) is 4.10. The lowest BCUT2D eigenvalue weighted by atomic mass is 9.90. The highest BCUT2D eigenvalue weighted by molar-refractivity contribution is 5.69. The second-order valence-electron chi connectivity index (χ2n) is 6.07. The summed E-state index contributed by atoms with van der Waals surface area (Å²) >= 11 is 0. The first kappa shape index (κ1) is 19.9. The third-order valence-electron chi connectivity index (χ3n) is 4.10. The van der Waals surface area contributed by atoms with E-state index >= 15 is 0 Å². The number of carboxylic acid groups (broad SMARTS) is 2. The van der Waals surface area contributed by atoms with Crippen LogP contribution in [-0.2, 0) is 9.59 Å². The highest BCUT2D eigenvalue weighted by Gasteiger charge is 2.17. The van der Waals surface area contributed by atoms with Crippen LogP contribution in [0.3, 0.4) is 0 Å². The maximum absolute atomic E-state index is 11.1. The number of carboxylic acids is 2. The van der Waals surface area contributed by atoms with Crippen LogP contribution < -0.4 is 0 Å². The molecule has 0 heterocycles. The van der Waals surface area contributed by atoms with Crippen LogP contribution in [0.4, 0.5) is 0 Å². The number of aliphatic carboxylic acids is 2. The highest BCUT2D eigenvalue weighted by Crippen LogP contribution is 2.23. The molecule has 4 heteroatoms. The number of carbonyl (C=O) groups is 2. The largest absolute Gasteiger partial charge is 0.481 e. The summed E-state index contributed by atoms with van der Waals surface area (Å²) in [7, 11) is 0. The molecule has 0 aromatic rings. The molecule has 2 N–H and O–H groups in total. The van der Waals surface area contributed by atoms with E-state index in [1.807, 2.05) is 0 Å².